The van der Waals surface area contributed by atoms with Gasteiger partial charge in [-0.2, -0.15) is 18.4 Å². The van der Waals surface area contributed by atoms with Crippen LogP contribution in [0.2, 0.25) is 0 Å². The highest BCUT2D eigenvalue weighted by atomic mass is 32.2. The van der Waals surface area contributed by atoms with Crippen LogP contribution < -0.4 is 9.47 Å². The molecule has 0 saturated heterocycles. The SMILES string of the molecule is COc1ccc(-c2cc(C(F)(F)F)c(C#N)c(SC(C(=O)O)c3ccccc3)n2)c(OC)c1. The molecule has 170 valence electrons. The first-order chi connectivity index (χ1) is 15.7. The molecule has 2 aromatic carbocycles. The maximum Gasteiger partial charge on any atom is 0.417 e. The van der Waals surface area contributed by atoms with Gasteiger partial charge in [-0.3, -0.25) is 4.79 Å². The van der Waals surface area contributed by atoms with Crippen molar-refractivity contribution in [3.05, 3.63) is 71.3 Å². The van der Waals surface area contributed by atoms with Gasteiger partial charge in [-0.1, -0.05) is 42.1 Å². The second kappa shape index (κ2) is 9.83. The van der Waals surface area contributed by atoms with Gasteiger partial charge in [-0.05, 0) is 23.8 Å². The number of methoxy groups -OCH3 is 2. The van der Waals surface area contributed by atoms with Crippen LogP contribution in [0.1, 0.15) is 21.9 Å². The summed E-state index contributed by atoms with van der Waals surface area (Å²) in [5.41, 5.74) is -1.51. The molecule has 10 heteroatoms. The van der Waals surface area contributed by atoms with Crippen molar-refractivity contribution < 1.29 is 32.5 Å². The molecule has 33 heavy (non-hydrogen) atoms. The van der Waals surface area contributed by atoms with Crippen LogP contribution in [-0.2, 0) is 11.0 Å². The van der Waals surface area contributed by atoms with Crippen LogP contribution in [0, 0.1) is 11.3 Å². The summed E-state index contributed by atoms with van der Waals surface area (Å²) in [6.45, 7) is 0. The Morgan fingerprint density at radius 2 is 1.82 bits per heavy atom. The van der Waals surface area contributed by atoms with Crippen molar-refractivity contribution in [1.29, 1.82) is 5.26 Å². The van der Waals surface area contributed by atoms with Crippen molar-refractivity contribution in [2.45, 2.75) is 16.5 Å². The van der Waals surface area contributed by atoms with Crippen LogP contribution in [-0.4, -0.2) is 30.3 Å². The van der Waals surface area contributed by atoms with Crippen LogP contribution in [0.5, 0.6) is 11.5 Å². The fourth-order valence-corrected chi connectivity index (χ4v) is 4.13. The van der Waals surface area contributed by atoms with Crippen molar-refractivity contribution >= 4 is 17.7 Å². The van der Waals surface area contributed by atoms with E-state index in [1.165, 1.54) is 32.4 Å². The first-order valence-electron chi connectivity index (χ1n) is 9.38. The van der Waals surface area contributed by atoms with E-state index in [1.54, 1.807) is 36.4 Å². The maximum atomic E-state index is 13.9. The fraction of sp³-hybridized carbons (Fsp3) is 0.174. The Morgan fingerprint density at radius 1 is 1.12 bits per heavy atom. The van der Waals surface area contributed by atoms with Crippen LogP contribution >= 0.6 is 11.8 Å². The van der Waals surface area contributed by atoms with Crippen LogP contribution in [0.15, 0.2) is 59.6 Å². The molecule has 0 saturated carbocycles. The zero-order valence-electron chi connectivity index (χ0n) is 17.4. The summed E-state index contributed by atoms with van der Waals surface area (Å²) in [7, 11) is 2.78. The lowest BCUT2D eigenvalue weighted by Crippen LogP contribution is -2.13. The molecule has 0 bridgehead atoms. The Morgan fingerprint density at radius 3 is 2.36 bits per heavy atom. The van der Waals surface area contributed by atoms with Crippen molar-refractivity contribution in [3.8, 4) is 28.8 Å². The van der Waals surface area contributed by atoms with Gasteiger partial charge in [0.15, 0.2) is 0 Å². The predicted octanol–water partition coefficient (Wildman–Crippen LogP) is 5.57. The van der Waals surface area contributed by atoms with E-state index in [9.17, 15) is 28.3 Å². The summed E-state index contributed by atoms with van der Waals surface area (Å²) in [4.78, 5) is 16.2. The zero-order valence-corrected chi connectivity index (χ0v) is 18.2. The van der Waals surface area contributed by atoms with Crippen molar-refractivity contribution in [3.63, 3.8) is 0 Å². The monoisotopic (exact) mass is 474 g/mol. The standard InChI is InChI=1S/C23H17F3N2O4S/c1-31-14-8-9-15(19(10-14)32-2)18-11-17(23(24,25)26)16(12-27)21(28-18)33-20(22(29)30)13-6-4-3-5-7-13/h3-11,20H,1-2H3,(H,29,30). The minimum atomic E-state index is -4.87. The smallest absolute Gasteiger partial charge is 0.417 e. The molecule has 3 rings (SSSR count). The minimum absolute atomic E-state index is 0.125. The van der Waals surface area contributed by atoms with E-state index in [0.717, 1.165) is 6.07 Å². The van der Waals surface area contributed by atoms with Crippen molar-refractivity contribution in [1.82, 2.24) is 4.98 Å². The number of aliphatic carboxylic acids is 1. The second-order valence-electron chi connectivity index (χ2n) is 6.66. The highest BCUT2D eigenvalue weighted by Gasteiger charge is 2.37. The van der Waals surface area contributed by atoms with Crippen LogP contribution in [0.4, 0.5) is 13.2 Å². The average molecular weight is 474 g/mol. The molecule has 3 aromatic rings. The number of thioether (sulfide) groups is 1. The molecule has 0 fully saturated rings. The van der Waals surface area contributed by atoms with E-state index in [-0.39, 0.29) is 22.0 Å². The summed E-state index contributed by atoms with van der Waals surface area (Å²) in [6, 6.07) is 14.8. The van der Waals surface area contributed by atoms with Gasteiger partial charge < -0.3 is 14.6 Å². The molecule has 1 unspecified atom stereocenters. The van der Waals surface area contributed by atoms with E-state index in [4.69, 9.17) is 9.47 Å². The van der Waals surface area contributed by atoms with Crippen LogP contribution in [0.25, 0.3) is 11.3 Å². The largest absolute Gasteiger partial charge is 0.497 e. The number of rotatable bonds is 7. The average Bonchev–Trinajstić information content (AvgIpc) is 2.81. The number of carboxylic acid groups (broad SMARTS) is 1. The summed E-state index contributed by atoms with van der Waals surface area (Å²) in [6.07, 6.45) is -4.87. The summed E-state index contributed by atoms with van der Waals surface area (Å²) in [5.74, 6) is -0.656. The number of ether oxygens (including phenoxy) is 2. The van der Waals surface area contributed by atoms with Gasteiger partial charge in [-0.25, -0.2) is 4.98 Å². The fourth-order valence-electron chi connectivity index (χ4n) is 3.09. The Hall–Kier alpha value is -3.71. The number of nitriles is 1. The number of benzene rings is 2. The van der Waals surface area contributed by atoms with E-state index in [1.807, 2.05) is 0 Å². The predicted molar refractivity (Wildman–Crippen MR) is 115 cm³/mol. The molecule has 0 spiro atoms. The lowest BCUT2D eigenvalue weighted by molar-refractivity contribution is -0.138. The number of aromatic nitrogens is 1. The van der Waals surface area contributed by atoms with E-state index < -0.39 is 28.5 Å². The number of carbonyl (C=O) groups is 1. The third-order valence-corrected chi connectivity index (χ3v) is 5.87. The van der Waals surface area contributed by atoms with Crippen LogP contribution in [0.3, 0.4) is 0 Å². The number of alkyl halides is 3. The van der Waals surface area contributed by atoms with Gasteiger partial charge in [0, 0.05) is 11.6 Å². The number of hydrogen-bond acceptors (Lipinski definition) is 6. The molecule has 1 N–H and O–H groups in total. The third kappa shape index (κ3) is 5.21. The number of halogens is 3. The third-order valence-electron chi connectivity index (χ3n) is 4.64. The second-order valence-corrected chi connectivity index (χ2v) is 7.75. The lowest BCUT2D eigenvalue weighted by atomic mass is 10.0. The normalized spacial score (nSPS) is 12.0. The van der Waals surface area contributed by atoms with Gasteiger partial charge in [0.1, 0.15) is 27.8 Å². The number of pyridine rings is 1. The highest BCUT2D eigenvalue weighted by molar-refractivity contribution is 8.00. The molecule has 0 amide bonds. The summed E-state index contributed by atoms with van der Waals surface area (Å²) >= 11 is 0.563. The topological polar surface area (TPSA) is 92.4 Å². The molecule has 1 aromatic heterocycles. The Bertz CT molecular complexity index is 1210. The molecule has 0 aliphatic heterocycles. The van der Waals surface area contributed by atoms with Gasteiger partial charge in [0.2, 0.25) is 0 Å². The number of nitrogens with zero attached hydrogens (tertiary/aromatic N) is 2. The first kappa shape index (κ1) is 23.9. The summed E-state index contributed by atoms with van der Waals surface area (Å²) in [5, 5.41) is 17.6. The van der Waals surface area contributed by atoms with Gasteiger partial charge in [0.05, 0.1) is 31.0 Å². The molecule has 1 heterocycles. The minimum Gasteiger partial charge on any atom is -0.497 e. The highest BCUT2D eigenvalue weighted by Crippen LogP contribution is 2.43. The van der Waals surface area contributed by atoms with Gasteiger partial charge in [0.25, 0.3) is 0 Å². The zero-order chi connectivity index (χ0) is 24.2. The molecular weight excluding hydrogens is 457 g/mol. The van der Waals surface area contributed by atoms with E-state index >= 15 is 0 Å². The molecule has 6 nitrogen and oxygen atoms in total. The van der Waals surface area contributed by atoms with Gasteiger partial charge in [-0.15, -0.1) is 0 Å². The van der Waals surface area contributed by atoms with Crippen molar-refractivity contribution in [2.75, 3.05) is 14.2 Å². The first-order valence-corrected chi connectivity index (χ1v) is 10.3. The summed E-state index contributed by atoms with van der Waals surface area (Å²) < 4.78 is 52.0. The van der Waals surface area contributed by atoms with E-state index in [0.29, 0.717) is 23.1 Å². The molecule has 1 atom stereocenters. The van der Waals surface area contributed by atoms with Crippen molar-refractivity contribution in [2.24, 2.45) is 0 Å². The maximum absolute atomic E-state index is 13.9. The molecular formula is C23H17F3N2O4S. The van der Waals surface area contributed by atoms with E-state index in [2.05, 4.69) is 4.98 Å². The Labute approximate surface area is 191 Å². The Kier molecular flexibility index (Phi) is 7.13. The van der Waals surface area contributed by atoms with Gasteiger partial charge >= 0.3 is 12.1 Å². The quantitative estimate of drug-likeness (QED) is 0.447. The number of carboxylic acids is 1. The lowest BCUT2D eigenvalue weighted by Gasteiger charge is -2.18. The molecule has 0 aliphatic rings. The molecule has 0 radical (unpaired) electrons. The number of hydrogen-bond donors (Lipinski definition) is 1. The Balaban J connectivity index is 2.24. The molecule has 0 aliphatic carbocycles.